The molecule has 158 valence electrons. The van der Waals surface area contributed by atoms with Gasteiger partial charge in [-0.25, -0.2) is 4.79 Å². The van der Waals surface area contributed by atoms with Crippen molar-refractivity contribution < 1.29 is 14.3 Å². The highest BCUT2D eigenvalue weighted by Crippen LogP contribution is 2.45. The zero-order valence-corrected chi connectivity index (χ0v) is 18.8. The lowest BCUT2D eigenvalue weighted by Gasteiger charge is -2.19. The van der Waals surface area contributed by atoms with Gasteiger partial charge in [0.25, 0.3) is 0 Å². The largest absolute Gasteiger partial charge is 0.454 e. The normalized spacial score (nSPS) is 15.6. The maximum atomic E-state index is 12.8. The number of para-hydroxylation sites is 2. The molecule has 0 amide bonds. The highest BCUT2D eigenvalue weighted by molar-refractivity contribution is 8.19. The molecule has 2 aliphatic heterocycles. The second-order valence-corrected chi connectivity index (χ2v) is 9.84. The monoisotopic (exact) mass is 451 g/mol. The van der Waals surface area contributed by atoms with Crippen molar-refractivity contribution >= 4 is 46.7 Å². The lowest BCUT2D eigenvalue weighted by molar-refractivity contribution is -0.118. The number of rotatable bonds is 5. The van der Waals surface area contributed by atoms with Crippen LogP contribution in [0.5, 0.6) is 0 Å². The van der Waals surface area contributed by atoms with Crippen LogP contribution in [0.2, 0.25) is 0 Å². The molecule has 1 fully saturated rings. The number of hydrogen-bond acceptors (Lipinski definition) is 8. The molecule has 4 rings (SSSR count). The summed E-state index contributed by atoms with van der Waals surface area (Å²) in [5, 5.41) is 9.66. The zero-order valence-electron chi connectivity index (χ0n) is 17.2. The molecule has 8 heteroatoms. The fourth-order valence-corrected chi connectivity index (χ4v) is 6.53. The third-order valence-electron chi connectivity index (χ3n) is 5.23. The molecule has 2 aromatic rings. The molecule has 0 unspecified atom stereocenters. The minimum absolute atomic E-state index is 0.0420. The first-order valence-electron chi connectivity index (χ1n) is 9.75. The Labute approximate surface area is 189 Å². The summed E-state index contributed by atoms with van der Waals surface area (Å²) >= 11 is 3.79. The third kappa shape index (κ3) is 4.16. The third-order valence-corrected chi connectivity index (χ3v) is 8.33. The summed E-state index contributed by atoms with van der Waals surface area (Å²) in [6.07, 6.45) is 0. The Hall–Kier alpha value is -2.89. The molecule has 2 aliphatic rings. The topological polar surface area (TPSA) is 73.6 Å². The fourth-order valence-electron chi connectivity index (χ4n) is 3.67. The predicted octanol–water partition coefficient (Wildman–Crippen LogP) is 4.21. The van der Waals surface area contributed by atoms with Crippen LogP contribution in [0, 0.1) is 11.3 Å². The van der Waals surface area contributed by atoms with Gasteiger partial charge < -0.3 is 14.5 Å². The Bertz CT molecular complexity index is 1050. The van der Waals surface area contributed by atoms with Crippen LogP contribution in [0.3, 0.4) is 0 Å². The van der Waals surface area contributed by atoms with Crippen LogP contribution >= 0.6 is 23.5 Å². The second-order valence-electron chi connectivity index (χ2n) is 7.11. The zero-order chi connectivity index (χ0) is 22.0. The molecule has 0 saturated carbocycles. The lowest BCUT2D eigenvalue weighted by Crippen LogP contribution is -2.27. The number of hydrogen-bond donors (Lipinski definition) is 0. The maximum Gasteiger partial charge on any atom is 0.338 e. The molecule has 2 heterocycles. The number of nitriles is 1. The number of benzene rings is 2. The summed E-state index contributed by atoms with van der Waals surface area (Å²) in [6.45, 7) is -0.487. The summed E-state index contributed by atoms with van der Waals surface area (Å²) in [5.41, 5.74) is 3.31. The van der Waals surface area contributed by atoms with Crippen molar-refractivity contribution in [3.63, 3.8) is 0 Å². The van der Waals surface area contributed by atoms with Gasteiger partial charge in [0, 0.05) is 25.6 Å². The summed E-state index contributed by atoms with van der Waals surface area (Å²) in [6, 6.07) is 16.9. The van der Waals surface area contributed by atoms with Crippen LogP contribution < -0.4 is 9.80 Å². The Morgan fingerprint density at radius 2 is 1.61 bits per heavy atom. The standard InChI is InChI=1S/C23H21N3O3S2/c1-25-18-5-3-4-6-19(18)26(2)21(25)17(13-24)20(27)14-29-22(28)15-7-9-16(10-8-15)23-30-11-12-31-23/h3-10,23H,11-12,14H2,1-2H3. The molecule has 1 saturated heterocycles. The first-order chi connectivity index (χ1) is 15.0. The molecule has 0 aliphatic carbocycles. The minimum Gasteiger partial charge on any atom is -0.454 e. The Morgan fingerprint density at radius 3 is 2.16 bits per heavy atom. The molecule has 0 N–H and O–H groups in total. The maximum absolute atomic E-state index is 12.8. The molecule has 0 radical (unpaired) electrons. The van der Waals surface area contributed by atoms with Crippen molar-refractivity contribution in [2.45, 2.75) is 4.58 Å². The number of nitrogens with zero attached hydrogens (tertiary/aromatic N) is 3. The fraction of sp³-hybridized carbons (Fsp3) is 0.261. The highest BCUT2D eigenvalue weighted by atomic mass is 32.2. The summed E-state index contributed by atoms with van der Waals surface area (Å²) in [7, 11) is 3.60. The van der Waals surface area contributed by atoms with Gasteiger partial charge in [0.1, 0.15) is 17.5 Å². The van der Waals surface area contributed by atoms with Gasteiger partial charge in [0.05, 0.1) is 21.5 Å². The van der Waals surface area contributed by atoms with E-state index in [1.807, 2.05) is 66.0 Å². The molecule has 2 aromatic carbocycles. The Morgan fingerprint density at radius 1 is 1.03 bits per heavy atom. The van der Waals surface area contributed by atoms with E-state index in [0.717, 1.165) is 22.9 Å². The second kappa shape index (κ2) is 9.08. The molecule has 0 atom stereocenters. The van der Waals surface area contributed by atoms with Crippen molar-refractivity contribution in [3.05, 3.63) is 71.1 Å². The Balaban J connectivity index is 1.45. The first-order valence-corrected chi connectivity index (χ1v) is 11.9. The van der Waals surface area contributed by atoms with Crippen LogP contribution in [0.25, 0.3) is 0 Å². The van der Waals surface area contributed by atoms with Crippen molar-refractivity contribution in [1.82, 2.24) is 0 Å². The minimum atomic E-state index is -0.578. The van der Waals surface area contributed by atoms with Gasteiger partial charge in [-0.1, -0.05) is 24.3 Å². The predicted molar refractivity (Wildman–Crippen MR) is 125 cm³/mol. The lowest BCUT2D eigenvalue weighted by atomic mass is 10.1. The van der Waals surface area contributed by atoms with E-state index in [2.05, 4.69) is 0 Å². The van der Waals surface area contributed by atoms with E-state index in [1.54, 1.807) is 36.0 Å². The molecular weight excluding hydrogens is 430 g/mol. The van der Waals surface area contributed by atoms with Gasteiger partial charge >= 0.3 is 5.97 Å². The number of fused-ring (bicyclic) bond motifs is 1. The SMILES string of the molecule is CN1C(=C(C#N)C(=O)COC(=O)c2ccc(C3SCCS3)cc2)N(C)c2ccccc21. The van der Waals surface area contributed by atoms with Gasteiger partial charge in [-0.15, -0.1) is 23.5 Å². The number of carbonyl (C=O) groups excluding carboxylic acids is 2. The summed E-state index contributed by atoms with van der Waals surface area (Å²) in [4.78, 5) is 28.8. The first kappa shape index (κ1) is 21.3. The average molecular weight is 452 g/mol. The van der Waals surface area contributed by atoms with E-state index in [4.69, 9.17) is 4.74 Å². The van der Waals surface area contributed by atoms with E-state index in [-0.39, 0.29) is 5.57 Å². The van der Waals surface area contributed by atoms with Crippen molar-refractivity contribution in [1.29, 1.82) is 5.26 Å². The highest BCUT2D eigenvalue weighted by Gasteiger charge is 2.31. The molecule has 31 heavy (non-hydrogen) atoms. The van der Waals surface area contributed by atoms with Gasteiger partial charge in [0.2, 0.25) is 5.78 Å². The Kier molecular flexibility index (Phi) is 6.25. The van der Waals surface area contributed by atoms with Crippen molar-refractivity contribution in [3.8, 4) is 6.07 Å². The van der Waals surface area contributed by atoms with Gasteiger partial charge in [-0.3, -0.25) is 4.79 Å². The van der Waals surface area contributed by atoms with E-state index in [9.17, 15) is 14.9 Å². The van der Waals surface area contributed by atoms with Crippen LogP contribution in [0.1, 0.15) is 20.5 Å². The number of anilines is 2. The van der Waals surface area contributed by atoms with Gasteiger partial charge in [0.15, 0.2) is 6.61 Å². The number of carbonyl (C=O) groups is 2. The quantitative estimate of drug-likeness (QED) is 0.380. The number of esters is 1. The van der Waals surface area contributed by atoms with Crippen molar-refractivity contribution in [2.75, 3.05) is 42.0 Å². The van der Waals surface area contributed by atoms with E-state index in [1.165, 1.54) is 5.56 Å². The number of thioether (sulfide) groups is 2. The van der Waals surface area contributed by atoms with Crippen molar-refractivity contribution in [2.24, 2.45) is 0 Å². The van der Waals surface area contributed by atoms with E-state index >= 15 is 0 Å². The van der Waals surface area contributed by atoms with Crippen LogP contribution in [-0.2, 0) is 9.53 Å². The molecule has 0 bridgehead atoms. The van der Waals surface area contributed by atoms with Crippen LogP contribution in [0.15, 0.2) is 59.9 Å². The molecule has 0 aromatic heterocycles. The van der Waals surface area contributed by atoms with E-state index < -0.39 is 18.4 Å². The van der Waals surface area contributed by atoms with Crippen LogP contribution in [-0.4, -0.2) is 44.0 Å². The van der Waals surface area contributed by atoms with Crippen LogP contribution in [0.4, 0.5) is 11.4 Å². The molecule has 6 nitrogen and oxygen atoms in total. The summed E-state index contributed by atoms with van der Waals surface area (Å²) in [5.74, 6) is 1.62. The van der Waals surface area contributed by atoms with Gasteiger partial charge in [-0.05, 0) is 29.8 Å². The molecule has 0 spiro atoms. The number of ketones is 1. The average Bonchev–Trinajstić information content (AvgIpc) is 3.42. The summed E-state index contributed by atoms with van der Waals surface area (Å²) < 4.78 is 5.63. The van der Waals surface area contributed by atoms with Gasteiger partial charge in [-0.2, -0.15) is 5.26 Å². The van der Waals surface area contributed by atoms with E-state index in [0.29, 0.717) is 16.0 Å². The molecular formula is C23H21N3O3S2. The smallest absolute Gasteiger partial charge is 0.338 e. The number of Topliss-reactive ketones (excluding diaryl/α,β-unsaturated/α-hetero) is 1. The number of ether oxygens (including phenoxy) is 1.